The summed E-state index contributed by atoms with van der Waals surface area (Å²) in [4.78, 5) is 13.0. The van der Waals surface area contributed by atoms with Gasteiger partial charge in [-0.05, 0) is 54.4 Å². The molecule has 0 unspecified atom stereocenters. The third-order valence-electron chi connectivity index (χ3n) is 2.67. The monoisotopic (exact) mass is 342 g/mol. The molecule has 0 radical (unpaired) electrons. The molecule has 0 atom stereocenters. The maximum Gasteiger partial charge on any atom is 0.259 e. The number of carbonyl (C=O) groups excluding carboxylic acids is 1. The molecule has 5 heteroatoms. The lowest BCUT2D eigenvalue weighted by molar-refractivity contribution is -0.130. The van der Waals surface area contributed by atoms with Gasteiger partial charge in [-0.2, -0.15) is 0 Å². The Morgan fingerprint density at radius 3 is 2.50 bits per heavy atom. The molecule has 0 fully saturated rings. The SMILES string of the molecule is CN(C)C(=O)COc1ccc(CNC(C)(C)C)cc1Br. The van der Waals surface area contributed by atoms with Crippen LogP contribution in [0.2, 0.25) is 0 Å². The largest absolute Gasteiger partial charge is 0.483 e. The number of nitrogens with zero attached hydrogens (tertiary/aromatic N) is 1. The highest BCUT2D eigenvalue weighted by Crippen LogP contribution is 2.26. The number of likely N-dealkylation sites (N-methyl/N-ethyl adjacent to an activating group) is 1. The van der Waals surface area contributed by atoms with E-state index in [1.807, 2.05) is 18.2 Å². The number of nitrogens with one attached hydrogen (secondary N) is 1. The summed E-state index contributed by atoms with van der Waals surface area (Å²) in [7, 11) is 3.42. The Bertz CT molecular complexity index is 467. The number of carbonyl (C=O) groups is 1. The van der Waals surface area contributed by atoms with E-state index in [2.05, 4.69) is 42.0 Å². The van der Waals surface area contributed by atoms with E-state index in [4.69, 9.17) is 4.74 Å². The maximum absolute atomic E-state index is 11.5. The highest BCUT2D eigenvalue weighted by Gasteiger charge is 2.10. The van der Waals surface area contributed by atoms with Crippen LogP contribution in [0.5, 0.6) is 5.75 Å². The van der Waals surface area contributed by atoms with Gasteiger partial charge in [0.25, 0.3) is 5.91 Å². The van der Waals surface area contributed by atoms with Crippen molar-refractivity contribution in [3.8, 4) is 5.75 Å². The van der Waals surface area contributed by atoms with E-state index in [9.17, 15) is 4.79 Å². The Kier molecular flexibility index (Phi) is 6.02. The normalized spacial score (nSPS) is 11.3. The molecule has 1 N–H and O–H groups in total. The molecule has 20 heavy (non-hydrogen) atoms. The lowest BCUT2D eigenvalue weighted by Crippen LogP contribution is -2.35. The number of benzene rings is 1. The van der Waals surface area contributed by atoms with Crippen molar-refractivity contribution in [2.24, 2.45) is 0 Å². The highest BCUT2D eigenvalue weighted by molar-refractivity contribution is 9.10. The Morgan fingerprint density at radius 1 is 1.35 bits per heavy atom. The minimum Gasteiger partial charge on any atom is -0.483 e. The minimum atomic E-state index is -0.0598. The summed E-state index contributed by atoms with van der Waals surface area (Å²) in [5.41, 5.74) is 1.25. The van der Waals surface area contributed by atoms with Crippen LogP contribution in [0.4, 0.5) is 0 Å². The Hall–Kier alpha value is -1.07. The second-order valence-corrected chi connectivity index (χ2v) is 6.80. The van der Waals surface area contributed by atoms with E-state index in [1.54, 1.807) is 14.1 Å². The molecule has 0 aromatic heterocycles. The quantitative estimate of drug-likeness (QED) is 0.894. The third kappa shape index (κ3) is 5.92. The smallest absolute Gasteiger partial charge is 0.259 e. The van der Waals surface area contributed by atoms with Crippen molar-refractivity contribution in [3.05, 3.63) is 28.2 Å². The first-order valence-electron chi connectivity index (χ1n) is 6.55. The van der Waals surface area contributed by atoms with Crippen molar-refractivity contribution in [1.82, 2.24) is 10.2 Å². The van der Waals surface area contributed by atoms with Crippen LogP contribution >= 0.6 is 15.9 Å². The second-order valence-electron chi connectivity index (χ2n) is 5.95. The molecular formula is C15H23BrN2O2. The van der Waals surface area contributed by atoms with Gasteiger partial charge in [-0.25, -0.2) is 0 Å². The molecule has 1 amide bonds. The van der Waals surface area contributed by atoms with Gasteiger partial charge in [0, 0.05) is 26.2 Å². The molecule has 0 spiro atoms. The van der Waals surface area contributed by atoms with Crippen LogP contribution < -0.4 is 10.1 Å². The summed E-state index contributed by atoms with van der Waals surface area (Å²) in [5.74, 6) is 0.620. The van der Waals surface area contributed by atoms with E-state index in [0.29, 0.717) is 5.75 Å². The molecule has 0 bridgehead atoms. The fourth-order valence-electron chi connectivity index (χ4n) is 1.41. The zero-order valence-corrected chi connectivity index (χ0v) is 14.4. The fourth-order valence-corrected chi connectivity index (χ4v) is 1.95. The Balaban J connectivity index is 2.62. The molecule has 1 rings (SSSR count). The number of halogens is 1. The number of rotatable bonds is 5. The van der Waals surface area contributed by atoms with Crippen molar-refractivity contribution in [2.75, 3.05) is 20.7 Å². The molecule has 0 heterocycles. The number of hydrogen-bond donors (Lipinski definition) is 1. The minimum absolute atomic E-state index is 0.0468. The summed E-state index contributed by atoms with van der Waals surface area (Å²) >= 11 is 3.48. The van der Waals surface area contributed by atoms with Crippen LogP contribution in [-0.4, -0.2) is 37.0 Å². The van der Waals surface area contributed by atoms with Gasteiger partial charge in [-0.15, -0.1) is 0 Å². The molecule has 0 aliphatic carbocycles. The van der Waals surface area contributed by atoms with E-state index in [0.717, 1.165) is 16.6 Å². The van der Waals surface area contributed by atoms with Gasteiger partial charge in [-0.1, -0.05) is 6.07 Å². The molecular weight excluding hydrogens is 320 g/mol. The van der Waals surface area contributed by atoms with E-state index in [1.165, 1.54) is 4.90 Å². The molecule has 0 aliphatic heterocycles. The fraction of sp³-hybridized carbons (Fsp3) is 0.533. The van der Waals surface area contributed by atoms with Crippen molar-refractivity contribution in [1.29, 1.82) is 0 Å². The lowest BCUT2D eigenvalue weighted by atomic mass is 10.1. The van der Waals surface area contributed by atoms with Crippen molar-refractivity contribution < 1.29 is 9.53 Å². The molecule has 1 aromatic carbocycles. The lowest BCUT2D eigenvalue weighted by Gasteiger charge is -2.21. The van der Waals surface area contributed by atoms with Gasteiger partial charge >= 0.3 is 0 Å². The summed E-state index contributed by atoms with van der Waals surface area (Å²) < 4.78 is 6.36. The average Bonchev–Trinajstić information content (AvgIpc) is 2.33. The van der Waals surface area contributed by atoms with E-state index < -0.39 is 0 Å². The topological polar surface area (TPSA) is 41.6 Å². The summed E-state index contributed by atoms with van der Waals surface area (Å²) in [6.45, 7) is 7.23. The standard InChI is InChI=1S/C15H23BrN2O2/c1-15(2,3)17-9-11-6-7-13(12(16)8-11)20-10-14(19)18(4)5/h6-8,17H,9-10H2,1-5H3. The predicted molar refractivity (Wildman–Crippen MR) is 84.9 cm³/mol. The van der Waals surface area contributed by atoms with Crippen LogP contribution in [-0.2, 0) is 11.3 Å². The van der Waals surface area contributed by atoms with Crippen LogP contribution in [0.25, 0.3) is 0 Å². The molecule has 112 valence electrons. The maximum atomic E-state index is 11.5. The van der Waals surface area contributed by atoms with Crippen molar-refractivity contribution in [2.45, 2.75) is 32.9 Å². The van der Waals surface area contributed by atoms with Gasteiger partial charge in [0.15, 0.2) is 6.61 Å². The number of amides is 1. The predicted octanol–water partition coefficient (Wildman–Crippen LogP) is 2.80. The van der Waals surface area contributed by atoms with Crippen LogP contribution in [0.15, 0.2) is 22.7 Å². The van der Waals surface area contributed by atoms with Gasteiger partial charge in [0.05, 0.1) is 4.47 Å². The van der Waals surface area contributed by atoms with Gasteiger partial charge in [0.1, 0.15) is 5.75 Å². The summed E-state index contributed by atoms with van der Waals surface area (Å²) in [5, 5.41) is 3.43. The molecule has 4 nitrogen and oxygen atoms in total. The first kappa shape index (κ1) is 17.0. The zero-order chi connectivity index (χ0) is 15.3. The Morgan fingerprint density at radius 2 is 2.00 bits per heavy atom. The first-order valence-corrected chi connectivity index (χ1v) is 7.35. The third-order valence-corrected chi connectivity index (χ3v) is 3.29. The molecule has 1 aromatic rings. The summed E-state index contributed by atoms with van der Waals surface area (Å²) in [6.07, 6.45) is 0. The Labute approximate surface area is 129 Å². The van der Waals surface area contributed by atoms with Gasteiger partial charge in [0.2, 0.25) is 0 Å². The van der Waals surface area contributed by atoms with E-state index >= 15 is 0 Å². The van der Waals surface area contributed by atoms with E-state index in [-0.39, 0.29) is 18.1 Å². The molecule has 0 saturated heterocycles. The second kappa shape index (κ2) is 7.09. The average molecular weight is 343 g/mol. The van der Waals surface area contributed by atoms with Gasteiger partial charge in [-0.3, -0.25) is 4.79 Å². The molecule has 0 aliphatic rings. The first-order chi connectivity index (χ1) is 9.19. The zero-order valence-electron chi connectivity index (χ0n) is 12.8. The van der Waals surface area contributed by atoms with Gasteiger partial charge < -0.3 is 15.0 Å². The number of hydrogen-bond acceptors (Lipinski definition) is 3. The number of ether oxygens (including phenoxy) is 1. The van der Waals surface area contributed by atoms with Crippen LogP contribution in [0.1, 0.15) is 26.3 Å². The van der Waals surface area contributed by atoms with Crippen molar-refractivity contribution >= 4 is 21.8 Å². The van der Waals surface area contributed by atoms with Crippen molar-refractivity contribution in [3.63, 3.8) is 0 Å². The van der Waals surface area contributed by atoms with Crippen LogP contribution in [0, 0.1) is 0 Å². The summed E-state index contributed by atoms with van der Waals surface area (Å²) in [6, 6.07) is 5.89. The van der Waals surface area contributed by atoms with Crippen LogP contribution in [0.3, 0.4) is 0 Å². The molecule has 0 saturated carbocycles. The highest BCUT2D eigenvalue weighted by atomic mass is 79.9.